The molecule has 0 unspecified atom stereocenters. The maximum atomic E-state index is 14.0. The van der Waals surface area contributed by atoms with Gasteiger partial charge in [-0.1, -0.05) is 19.8 Å². The summed E-state index contributed by atoms with van der Waals surface area (Å²) >= 11 is 0. The summed E-state index contributed by atoms with van der Waals surface area (Å²) in [4.78, 5) is 23.4. The van der Waals surface area contributed by atoms with Crippen LogP contribution in [-0.4, -0.2) is 85.6 Å². The van der Waals surface area contributed by atoms with E-state index in [1.807, 2.05) is 6.92 Å². The number of amides is 1. The lowest BCUT2D eigenvalue weighted by Gasteiger charge is -2.39. The van der Waals surface area contributed by atoms with Gasteiger partial charge in [-0.2, -0.15) is 17.5 Å². The quantitative estimate of drug-likeness (QED) is 0.335. The van der Waals surface area contributed by atoms with Gasteiger partial charge in [-0.25, -0.2) is 18.4 Å². The van der Waals surface area contributed by atoms with Gasteiger partial charge in [-0.15, -0.1) is 0 Å². The van der Waals surface area contributed by atoms with E-state index in [0.29, 0.717) is 30.0 Å². The van der Waals surface area contributed by atoms with Crippen LogP contribution >= 0.6 is 0 Å². The summed E-state index contributed by atoms with van der Waals surface area (Å²) in [6, 6.07) is 4.80. The van der Waals surface area contributed by atoms with Crippen molar-refractivity contribution in [3.63, 3.8) is 0 Å². The molecule has 1 amide bonds. The summed E-state index contributed by atoms with van der Waals surface area (Å²) in [5, 5.41) is 6.04. The van der Waals surface area contributed by atoms with Gasteiger partial charge in [0.05, 0.1) is 30.3 Å². The van der Waals surface area contributed by atoms with Crippen LogP contribution < -0.4 is 15.4 Å². The molecule has 2 aromatic rings. The van der Waals surface area contributed by atoms with Crippen LogP contribution in [0.15, 0.2) is 24.4 Å². The van der Waals surface area contributed by atoms with E-state index in [0.717, 1.165) is 64.2 Å². The van der Waals surface area contributed by atoms with Gasteiger partial charge in [0.25, 0.3) is 5.91 Å². The van der Waals surface area contributed by atoms with Crippen molar-refractivity contribution in [1.82, 2.24) is 24.5 Å². The first-order chi connectivity index (χ1) is 21.7. The van der Waals surface area contributed by atoms with Crippen molar-refractivity contribution in [2.45, 2.75) is 83.0 Å². The largest absolute Gasteiger partial charge is 0.495 e. The van der Waals surface area contributed by atoms with Crippen LogP contribution in [0.4, 0.5) is 24.8 Å². The predicted molar refractivity (Wildman–Crippen MR) is 170 cm³/mol. The van der Waals surface area contributed by atoms with Gasteiger partial charge >= 0.3 is 6.18 Å². The van der Waals surface area contributed by atoms with Crippen LogP contribution in [0.2, 0.25) is 0 Å². The van der Waals surface area contributed by atoms with E-state index in [2.05, 4.69) is 32.5 Å². The summed E-state index contributed by atoms with van der Waals surface area (Å²) in [5.41, 5.74) is -0.364. The van der Waals surface area contributed by atoms with Crippen molar-refractivity contribution >= 4 is 27.6 Å². The molecule has 254 valence electrons. The number of hydrogen-bond acceptors (Lipinski definition) is 8. The molecule has 0 radical (unpaired) electrons. The second-order valence-electron chi connectivity index (χ2n) is 13.0. The average Bonchev–Trinajstić information content (AvgIpc) is 3.69. The van der Waals surface area contributed by atoms with Crippen molar-refractivity contribution in [3.05, 3.63) is 41.2 Å². The maximum Gasteiger partial charge on any atom is 0.419 e. The minimum Gasteiger partial charge on any atom is -0.495 e. The second kappa shape index (κ2) is 13.6. The molecular formula is C32H45F3N6O4S. The van der Waals surface area contributed by atoms with E-state index in [9.17, 15) is 26.4 Å². The Balaban J connectivity index is 1.30. The smallest absolute Gasteiger partial charge is 0.419 e. The Labute approximate surface area is 269 Å². The Morgan fingerprint density at radius 1 is 1.20 bits per heavy atom. The molecule has 3 fully saturated rings. The fourth-order valence-corrected chi connectivity index (χ4v) is 8.81. The van der Waals surface area contributed by atoms with Gasteiger partial charge in [0.2, 0.25) is 16.0 Å². The topological polar surface area (TPSA) is 117 Å². The molecule has 1 aromatic carbocycles. The van der Waals surface area contributed by atoms with Gasteiger partial charge < -0.3 is 20.3 Å². The number of halogens is 3. The lowest BCUT2D eigenvalue weighted by Crippen LogP contribution is -2.47. The number of likely N-dealkylation sites (tertiary alicyclic amines) is 1. The Kier molecular flexibility index (Phi) is 10.2. The van der Waals surface area contributed by atoms with E-state index in [-0.39, 0.29) is 47.4 Å². The highest BCUT2D eigenvalue weighted by Gasteiger charge is 2.60. The Hall–Kier alpha value is -2.97. The molecule has 3 aliphatic rings. The molecule has 3 atom stereocenters. The first kappa shape index (κ1) is 34.4. The number of carbonyl (C=O) groups is 1. The van der Waals surface area contributed by atoms with Gasteiger partial charge in [0, 0.05) is 30.4 Å². The van der Waals surface area contributed by atoms with Crippen LogP contribution in [-0.2, 0) is 22.6 Å². The number of nitrogens with zero attached hydrogens (tertiary/aromatic N) is 4. The molecule has 2 heterocycles. The monoisotopic (exact) mass is 666 g/mol. The predicted octanol–water partition coefficient (Wildman–Crippen LogP) is 5.23. The Morgan fingerprint density at radius 2 is 1.93 bits per heavy atom. The number of rotatable bonds is 11. The number of ether oxygens (including phenoxy) is 1. The van der Waals surface area contributed by atoms with Crippen molar-refractivity contribution < 1.29 is 31.1 Å². The number of piperidine rings is 1. The van der Waals surface area contributed by atoms with Gasteiger partial charge in [0.1, 0.15) is 5.75 Å². The molecule has 1 aromatic heterocycles. The zero-order chi connectivity index (χ0) is 33.3. The minimum atomic E-state index is -4.63. The number of sulfonamides is 1. The summed E-state index contributed by atoms with van der Waals surface area (Å²) < 4.78 is 74.3. The minimum absolute atomic E-state index is 0.0138. The number of nitrogens with one attached hydrogen (secondary N) is 2. The lowest BCUT2D eigenvalue weighted by atomic mass is 9.79. The van der Waals surface area contributed by atoms with E-state index < -0.39 is 21.8 Å². The molecule has 10 nitrogen and oxygen atoms in total. The highest BCUT2D eigenvalue weighted by atomic mass is 32.2. The third kappa shape index (κ3) is 7.60. The normalized spacial score (nSPS) is 24.3. The number of carbonyl (C=O) groups excluding carboxylic acids is 1. The fraction of sp³-hybridized carbons (Fsp3) is 0.656. The third-order valence-corrected chi connectivity index (χ3v) is 11.4. The Bertz CT molecular complexity index is 1520. The van der Waals surface area contributed by atoms with Crippen molar-refractivity contribution in [3.8, 4) is 5.75 Å². The zero-order valence-electron chi connectivity index (χ0n) is 27.0. The Morgan fingerprint density at radius 3 is 2.59 bits per heavy atom. The standard InChI is InChI=1S/C32H45F3N6O4S/c1-5-41(46(4,43)44)28-8-6-7-15-31(28)19-22(31)10-12-25-24(32(33,34)35)20-36-30(38-25)39-26-11-9-21(18-27(26)45-3)29(42)37-23-13-16-40(2)17-14-23/h9,11,18,20,22-23,28H,5-8,10,12-17,19H2,1-4H3,(H,37,42)(H,36,38,39)/t22-,28+,31-/m0/s1. The van der Waals surface area contributed by atoms with Crippen molar-refractivity contribution in [2.75, 3.05) is 45.4 Å². The summed E-state index contributed by atoms with van der Waals surface area (Å²) in [6.45, 7) is 4.04. The van der Waals surface area contributed by atoms with Gasteiger partial charge in [0.15, 0.2) is 0 Å². The molecule has 5 rings (SSSR count). The second-order valence-corrected chi connectivity index (χ2v) is 15.0. The molecule has 46 heavy (non-hydrogen) atoms. The lowest BCUT2D eigenvalue weighted by molar-refractivity contribution is -0.138. The molecule has 14 heteroatoms. The molecule has 2 N–H and O–H groups in total. The number of aromatic nitrogens is 2. The fourth-order valence-electron chi connectivity index (χ4n) is 7.56. The number of methoxy groups -OCH3 is 1. The number of anilines is 2. The molecular weight excluding hydrogens is 621 g/mol. The van der Waals surface area contributed by atoms with Crippen molar-refractivity contribution in [2.24, 2.45) is 11.3 Å². The van der Waals surface area contributed by atoms with Crippen LogP contribution in [0.1, 0.15) is 79.9 Å². The number of aryl methyl sites for hydroxylation is 1. The number of benzene rings is 1. The zero-order valence-corrected chi connectivity index (χ0v) is 27.8. The van der Waals surface area contributed by atoms with E-state index in [1.54, 1.807) is 22.5 Å². The summed E-state index contributed by atoms with van der Waals surface area (Å²) in [7, 11) is 0.104. The van der Waals surface area contributed by atoms with Crippen molar-refractivity contribution in [1.29, 1.82) is 0 Å². The van der Waals surface area contributed by atoms with Crippen LogP contribution in [0.5, 0.6) is 5.75 Å². The van der Waals surface area contributed by atoms with E-state index in [4.69, 9.17) is 4.74 Å². The SMILES string of the molecule is CCN([C@@H]1CCCC[C@@]12C[C@@H]2CCc1nc(Nc2ccc(C(=O)NC3CCN(C)CC3)cc2OC)ncc1C(F)(F)F)S(C)(=O)=O. The summed E-state index contributed by atoms with van der Waals surface area (Å²) in [5.74, 6) is 0.217. The number of hydrogen-bond donors (Lipinski definition) is 2. The van der Waals surface area contributed by atoms with Crippen LogP contribution in [0.25, 0.3) is 0 Å². The van der Waals surface area contributed by atoms with E-state index >= 15 is 0 Å². The maximum absolute atomic E-state index is 14.0. The van der Waals surface area contributed by atoms with Gasteiger partial charge in [-0.05, 0) is 94.6 Å². The van der Waals surface area contributed by atoms with Crippen LogP contribution in [0.3, 0.4) is 0 Å². The molecule has 2 saturated carbocycles. The molecule has 1 saturated heterocycles. The van der Waals surface area contributed by atoms with E-state index in [1.165, 1.54) is 13.4 Å². The van der Waals surface area contributed by atoms with Gasteiger partial charge in [-0.3, -0.25) is 4.79 Å². The third-order valence-electron chi connectivity index (χ3n) is 10.1. The first-order valence-corrected chi connectivity index (χ1v) is 17.9. The molecule has 2 aliphatic carbocycles. The highest BCUT2D eigenvalue weighted by molar-refractivity contribution is 7.88. The van der Waals surface area contributed by atoms with Crippen LogP contribution in [0, 0.1) is 11.3 Å². The first-order valence-electron chi connectivity index (χ1n) is 16.1. The molecule has 0 bridgehead atoms. The average molecular weight is 667 g/mol. The highest BCUT2D eigenvalue weighted by Crippen LogP contribution is 2.64. The summed E-state index contributed by atoms with van der Waals surface area (Å²) in [6.07, 6.45) is 4.08. The molecule has 1 aliphatic heterocycles. The molecule has 1 spiro atoms. The number of alkyl halides is 3.